The number of thioether (sulfide) groups is 1. The van der Waals surface area contributed by atoms with E-state index in [0.29, 0.717) is 6.04 Å². The molecule has 2 nitrogen and oxygen atoms in total. The van der Waals surface area contributed by atoms with E-state index in [1.807, 2.05) is 18.7 Å². The van der Waals surface area contributed by atoms with Gasteiger partial charge in [0.2, 0.25) is 0 Å². The number of hydrogen-bond donors (Lipinski definition) is 2. The van der Waals surface area contributed by atoms with Crippen LogP contribution in [0.4, 0.5) is 0 Å². The van der Waals surface area contributed by atoms with Gasteiger partial charge < -0.3 is 10.4 Å². The van der Waals surface area contributed by atoms with Crippen LogP contribution in [0.2, 0.25) is 0 Å². The summed E-state index contributed by atoms with van der Waals surface area (Å²) in [6.07, 6.45) is 1.90. The lowest BCUT2D eigenvalue weighted by atomic mass is 10.2. The van der Waals surface area contributed by atoms with E-state index >= 15 is 0 Å². The van der Waals surface area contributed by atoms with Gasteiger partial charge in [0.1, 0.15) is 0 Å². The average Bonchev–Trinajstić information content (AvgIpc) is 2.04. The third kappa shape index (κ3) is 10.2. The molecule has 0 aromatic heterocycles. The van der Waals surface area contributed by atoms with Crippen LogP contribution in [0.5, 0.6) is 0 Å². The molecule has 2 unspecified atom stereocenters. The van der Waals surface area contributed by atoms with Gasteiger partial charge in [-0.3, -0.25) is 0 Å². The van der Waals surface area contributed by atoms with Crippen LogP contribution in [0.25, 0.3) is 0 Å². The molecule has 0 saturated carbocycles. The second-order valence-electron chi connectivity index (χ2n) is 3.48. The highest BCUT2D eigenvalue weighted by Gasteiger charge is 2.01. The van der Waals surface area contributed by atoms with Crippen molar-refractivity contribution < 1.29 is 5.11 Å². The smallest absolute Gasteiger partial charge is 0.0524 e. The van der Waals surface area contributed by atoms with Crippen molar-refractivity contribution in [2.75, 3.05) is 18.1 Å². The van der Waals surface area contributed by atoms with Gasteiger partial charge in [0.25, 0.3) is 0 Å². The molecule has 0 heterocycles. The Bertz CT molecular complexity index is 109. The standard InChI is InChI=1S/C10H23NOS/c1-4-13-8-6-9(2)11-7-5-10(3)12/h9-12H,4-8H2,1-3H3. The number of aliphatic hydroxyl groups is 1. The number of rotatable bonds is 8. The largest absolute Gasteiger partial charge is 0.393 e. The predicted molar refractivity (Wildman–Crippen MR) is 61.4 cm³/mol. The fourth-order valence-electron chi connectivity index (χ4n) is 1.05. The molecular formula is C10H23NOS. The van der Waals surface area contributed by atoms with Crippen molar-refractivity contribution in [2.45, 2.75) is 45.8 Å². The fraction of sp³-hybridized carbons (Fsp3) is 1.00. The van der Waals surface area contributed by atoms with Gasteiger partial charge in [-0.15, -0.1) is 0 Å². The molecule has 0 rings (SSSR count). The maximum atomic E-state index is 9.04. The van der Waals surface area contributed by atoms with Crippen molar-refractivity contribution in [1.29, 1.82) is 0 Å². The van der Waals surface area contributed by atoms with Crippen LogP contribution in [0.3, 0.4) is 0 Å². The minimum Gasteiger partial charge on any atom is -0.393 e. The number of aliphatic hydroxyl groups excluding tert-OH is 1. The highest BCUT2D eigenvalue weighted by Crippen LogP contribution is 2.03. The fourth-order valence-corrected chi connectivity index (χ4v) is 1.85. The van der Waals surface area contributed by atoms with Crippen LogP contribution < -0.4 is 5.32 Å². The van der Waals surface area contributed by atoms with Crippen LogP contribution in [-0.2, 0) is 0 Å². The summed E-state index contributed by atoms with van der Waals surface area (Å²) >= 11 is 1.99. The van der Waals surface area contributed by atoms with E-state index < -0.39 is 0 Å². The van der Waals surface area contributed by atoms with Crippen molar-refractivity contribution in [3.63, 3.8) is 0 Å². The molecule has 0 amide bonds. The molecule has 0 fully saturated rings. The average molecular weight is 205 g/mol. The lowest BCUT2D eigenvalue weighted by Gasteiger charge is -2.13. The Labute approximate surface area is 86.5 Å². The Morgan fingerprint density at radius 2 is 2.00 bits per heavy atom. The maximum Gasteiger partial charge on any atom is 0.0524 e. The summed E-state index contributed by atoms with van der Waals surface area (Å²) in [6, 6.07) is 0.581. The van der Waals surface area contributed by atoms with Gasteiger partial charge in [-0.2, -0.15) is 11.8 Å². The molecule has 0 spiro atoms. The monoisotopic (exact) mass is 205 g/mol. The van der Waals surface area contributed by atoms with E-state index in [-0.39, 0.29) is 6.10 Å². The summed E-state index contributed by atoms with van der Waals surface area (Å²) in [6.45, 7) is 7.16. The van der Waals surface area contributed by atoms with E-state index in [0.717, 1.165) is 13.0 Å². The normalized spacial score (nSPS) is 15.7. The van der Waals surface area contributed by atoms with Gasteiger partial charge in [-0.1, -0.05) is 6.92 Å². The van der Waals surface area contributed by atoms with Crippen molar-refractivity contribution >= 4 is 11.8 Å². The molecule has 2 N–H and O–H groups in total. The van der Waals surface area contributed by atoms with E-state index in [1.54, 1.807) is 0 Å². The first kappa shape index (κ1) is 13.3. The molecular weight excluding hydrogens is 182 g/mol. The van der Waals surface area contributed by atoms with Crippen LogP contribution in [0.15, 0.2) is 0 Å². The molecule has 0 radical (unpaired) electrons. The van der Waals surface area contributed by atoms with Gasteiger partial charge in [0.15, 0.2) is 0 Å². The van der Waals surface area contributed by atoms with Gasteiger partial charge in [-0.25, -0.2) is 0 Å². The number of nitrogens with one attached hydrogen (secondary N) is 1. The summed E-state index contributed by atoms with van der Waals surface area (Å²) in [5.41, 5.74) is 0. The second kappa shape index (κ2) is 8.85. The zero-order chi connectivity index (χ0) is 10.1. The van der Waals surface area contributed by atoms with Crippen LogP contribution in [-0.4, -0.2) is 35.3 Å². The number of hydrogen-bond acceptors (Lipinski definition) is 3. The van der Waals surface area contributed by atoms with E-state index in [9.17, 15) is 0 Å². The zero-order valence-electron chi connectivity index (χ0n) is 9.05. The lowest BCUT2D eigenvalue weighted by molar-refractivity contribution is 0.182. The van der Waals surface area contributed by atoms with E-state index in [2.05, 4.69) is 19.2 Å². The van der Waals surface area contributed by atoms with Gasteiger partial charge in [-0.05, 0) is 44.7 Å². The topological polar surface area (TPSA) is 32.3 Å². The molecule has 0 saturated heterocycles. The van der Waals surface area contributed by atoms with Gasteiger partial charge in [0.05, 0.1) is 6.10 Å². The molecule has 13 heavy (non-hydrogen) atoms. The predicted octanol–water partition coefficient (Wildman–Crippen LogP) is 1.88. The first-order valence-electron chi connectivity index (χ1n) is 5.16. The molecule has 0 aliphatic carbocycles. The van der Waals surface area contributed by atoms with Gasteiger partial charge >= 0.3 is 0 Å². The molecule has 80 valence electrons. The van der Waals surface area contributed by atoms with Crippen LogP contribution in [0, 0.1) is 0 Å². The summed E-state index contributed by atoms with van der Waals surface area (Å²) in [4.78, 5) is 0. The molecule has 2 atom stereocenters. The van der Waals surface area contributed by atoms with Crippen LogP contribution >= 0.6 is 11.8 Å². The Balaban J connectivity index is 3.15. The molecule has 0 bridgehead atoms. The van der Waals surface area contributed by atoms with Gasteiger partial charge in [0, 0.05) is 6.04 Å². The Hall–Kier alpha value is 0.270. The molecule has 0 aromatic carbocycles. The molecule has 3 heteroatoms. The third-order valence-electron chi connectivity index (χ3n) is 1.95. The minimum absolute atomic E-state index is 0.176. The Morgan fingerprint density at radius 3 is 2.54 bits per heavy atom. The zero-order valence-corrected chi connectivity index (χ0v) is 9.86. The van der Waals surface area contributed by atoms with Crippen molar-refractivity contribution in [1.82, 2.24) is 5.32 Å². The SMILES string of the molecule is CCSCCC(C)NCCC(C)O. The Kier molecular flexibility index (Phi) is 9.03. The lowest BCUT2D eigenvalue weighted by Crippen LogP contribution is -2.29. The highest BCUT2D eigenvalue weighted by atomic mass is 32.2. The van der Waals surface area contributed by atoms with Crippen molar-refractivity contribution in [3.8, 4) is 0 Å². The summed E-state index contributed by atoms with van der Waals surface area (Å²) in [5.74, 6) is 2.44. The summed E-state index contributed by atoms with van der Waals surface area (Å²) < 4.78 is 0. The molecule has 0 aliphatic heterocycles. The van der Waals surface area contributed by atoms with Crippen molar-refractivity contribution in [2.24, 2.45) is 0 Å². The summed E-state index contributed by atoms with van der Waals surface area (Å²) in [5, 5.41) is 12.4. The second-order valence-corrected chi connectivity index (χ2v) is 4.87. The first-order chi connectivity index (χ1) is 6.16. The van der Waals surface area contributed by atoms with E-state index in [1.165, 1.54) is 17.9 Å². The summed E-state index contributed by atoms with van der Waals surface area (Å²) in [7, 11) is 0. The molecule has 0 aliphatic rings. The van der Waals surface area contributed by atoms with E-state index in [4.69, 9.17) is 5.11 Å². The maximum absolute atomic E-state index is 9.04. The first-order valence-corrected chi connectivity index (χ1v) is 6.31. The highest BCUT2D eigenvalue weighted by molar-refractivity contribution is 7.99. The van der Waals surface area contributed by atoms with Crippen molar-refractivity contribution in [3.05, 3.63) is 0 Å². The van der Waals surface area contributed by atoms with Crippen LogP contribution in [0.1, 0.15) is 33.6 Å². The molecule has 0 aromatic rings. The minimum atomic E-state index is -0.176. The quantitative estimate of drug-likeness (QED) is 0.593. The third-order valence-corrected chi connectivity index (χ3v) is 2.89. The Morgan fingerprint density at radius 1 is 1.31 bits per heavy atom.